The average molecular weight is 393 g/mol. The molecule has 0 aliphatic heterocycles. The lowest BCUT2D eigenvalue weighted by molar-refractivity contribution is 0.0941. The molecule has 0 heterocycles. The highest BCUT2D eigenvalue weighted by Crippen LogP contribution is 2.37. The van der Waals surface area contributed by atoms with Gasteiger partial charge in [0.25, 0.3) is 0 Å². The number of carbonyl (C=O) groups excluding carboxylic acids is 1. The first kappa shape index (κ1) is 16.4. The Bertz CT molecular complexity index is 856. The fourth-order valence-electron chi connectivity index (χ4n) is 2.92. The van der Waals surface area contributed by atoms with Crippen LogP contribution in [0.1, 0.15) is 27.9 Å². The van der Waals surface area contributed by atoms with Gasteiger partial charge < -0.3 is 0 Å². The number of aryl methyl sites for hydroxylation is 2. The van der Waals surface area contributed by atoms with E-state index in [1.54, 1.807) is 30.3 Å². The molecule has 0 saturated carbocycles. The molecule has 2 aromatic carbocycles. The number of alkyl halides is 1. The average Bonchev–Trinajstić information content (AvgIpc) is 2.52. The van der Waals surface area contributed by atoms with Crippen molar-refractivity contribution in [3.8, 4) is 0 Å². The molecule has 0 radical (unpaired) electrons. The molecule has 0 N–H and O–H groups in total. The summed E-state index contributed by atoms with van der Waals surface area (Å²) in [4.78, 5) is 13.0. The Balaban J connectivity index is 1.93. The molecule has 0 bridgehead atoms. The van der Waals surface area contributed by atoms with Crippen molar-refractivity contribution < 1.29 is 13.2 Å². The van der Waals surface area contributed by atoms with Gasteiger partial charge in [-0.3, -0.25) is 4.79 Å². The lowest BCUT2D eigenvalue weighted by Crippen LogP contribution is -2.43. The third-order valence-corrected chi connectivity index (χ3v) is 7.53. The summed E-state index contributed by atoms with van der Waals surface area (Å²) in [6.45, 7) is 1.91. The molecule has 0 amide bonds. The Kier molecular flexibility index (Phi) is 4.19. The molecule has 1 atom stereocenters. The van der Waals surface area contributed by atoms with Gasteiger partial charge in [-0.25, -0.2) is 8.42 Å². The molecular weight excluding hydrogens is 376 g/mol. The molecular formula is C18H17BrO3S. The largest absolute Gasteiger partial charge is 0.293 e. The summed E-state index contributed by atoms with van der Waals surface area (Å²) < 4.78 is 24.3. The van der Waals surface area contributed by atoms with Crippen LogP contribution in [0.25, 0.3) is 0 Å². The van der Waals surface area contributed by atoms with Crippen LogP contribution in [-0.2, 0) is 16.3 Å². The van der Waals surface area contributed by atoms with Crippen molar-refractivity contribution in [1.29, 1.82) is 0 Å². The second-order valence-corrected chi connectivity index (χ2v) is 9.53. The van der Waals surface area contributed by atoms with Gasteiger partial charge >= 0.3 is 0 Å². The minimum absolute atomic E-state index is 0.143. The van der Waals surface area contributed by atoms with Crippen molar-refractivity contribution in [2.75, 3.05) is 5.75 Å². The van der Waals surface area contributed by atoms with E-state index in [0.29, 0.717) is 18.4 Å². The molecule has 3 rings (SSSR count). The lowest BCUT2D eigenvalue weighted by Gasteiger charge is -2.31. The Labute approximate surface area is 144 Å². The molecule has 2 aromatic rings. The summed E-state index contributed by atoms with van der Waals surface area (Å²) in [6, 6.07) is 14.1. The van der Waals surface area contributed by atoms with E-state index in [0.717, 1.165) is 11.1 Å². The van der Waals surface area contributed by atoms with Gasteiger partial charge in [0.05, 0.1) is 10.6 Å². The third-order valence-electron chi connectivity index (χ3n) is 4.26. The van der Waals surface area contributed by atoms with Gasteiger partial charge in [-0.15, -0.1) is 0 Å². The van der Waals surface area contributed by atoms with E-state index < -0.39 is 14.2 Å². The van der Waals surface area contributed by atoms with Crippen molar-refractivity contribution in [2.45, 2.75) is 29.0 Å². The van der Waals surface area contributed by atoms with E-state index >= 15 is 0 Å². The number of carbonyl (C=O) groups is 1. The smallest absolute Gasteiger partial charge is 0.180 e. The first-order chi connectivity index (χ1) is 10.8. The summed E-state index contributed by atoms with van der Waals surface area (Å²) in [6.07, 6.45) is 1.17. The van der Waals surface area contributed by atoms with Crippen LogP contribution in [0.5, 0.6) is 0 Å². The van der Waals surface area contributed by atoms with Crippen LogP contribution in [-0.4, -0.2) is 24.3 Å². The molecule has 0 spiro atoms. The maximum atomic E-state index is 12.8. The highest BCUT2D eigenvalue weighted by Gasteiger charge is 2.43. The number of hydrogen-bond donors (Lipinski definition) is 0. The Morgan fingerprint density at radius 1 is 1.09 bits per heavy atom. The van der Waals surface area contributed by atoms with Crippen LogP contribution < -0.4 is 0 Å². The van der Waals surface area contributed by atoms with Crippen LogP contribution in [0.4, 0.5) is 0 Å². The molecule has 1 aliphatic carbocycles. The minimum atomic E-state index is -3.54. The standard InChI is InChI=1S/C18H17BrO3S/c1-13-6-8-15(9-7-13)23(21,22)12-18(19)11-10-14-4-2-3-5-16(14)17(18)20/h2-9H,10-12H2,1H3/t18-/m0/s1. The number of fused-ring (bicyclic) bond motifs is 1. The fourth-order valence-corrected chi connectivity index (χ4v) is 5.83. The summed E-state index contributed by atoms with van der Waals surface area (Å²) in [5.41, 5.74) is 2.61. The topological polar surface area (TPSA) is 51.2 Å². The van der Waals surface area contributed by atoms with Gasteiger partial charge in [0.1, 0.15) is 4.32 Å². The highest BCUT2D eigenvalue weighted by atomic mass is 79.9. The number of halogens is 1. The Morgan fingerprint density at radius 2 is 1.74 bits per heavy atom. The minimum Gasteiger partial charge on any atom is -0.293 e. The molecule has 23 heavy (non-hydrogen) atoms. The second-order valence-electron chi connectivity index (χ2n) is 6.02. The highest BCUT2D eigenvalue weighted by molar-refractivity contribution is 9.10. The first-order valence-electron chi connectivity index (χ1n) is 7.43. The summed E-state index contributed by atoms with van der Waals surface area (Å²) in [5.74, 6) is -0.369. The monoisotopic (exact) mass is 392 g/mol. The van der Waals surface area contributed by atoms with Crippen molar-refractivity contribution in [1.82, 2.24) is 0 Å². The van der Waals surface area contributed by atoms with Crippen molar-refractivity contribution in [2.24, 2.45) is 0 Å². The molecule has 0 aromatic heterocycles. The summed E-state index contributed by atoms with van der Waals surface area (Å²) >= 11 is 3.45. The van der Waals surface area contributed by atoms with Crippen molar-refractivity contribution in [3.05, 3.63) is 65.2 Å². The first-order valence-corrected chi connectivity index (χ1v) is 9.87. The predicted molar refractivity (Wildman–Crippen MR) is 94.0 cm³/mol. The van der Waals surface area contributed by atoms with E-state index in [4.69, 9.17) is 0 Å². The number of sulfone groups is 1. The Morgan fingerprint density at radius 3 is 2.43 bits per heavy atom. The number of Topliss-reactive ketones (excluding diaryl/α,β-unsaturated/α-hetero) is 1. The molecule has 3 nitrogen and oxygen atoms in total. The van der Waals surface area contributed by atoms with E-state index in [1.807, 2.05) is 25.1 Å². The molecule has 0 saturated heterocycles. The number of ketones is 1. The summed E-state index contributed by atoms with van der Waals surface area (Å²) in [7, 11) is -3.54. The zero-order chi connectivity index (χ0) is 16.7. The normalized spacial score (nSPS) is 21.0. The quantitative estimate of drug-likeness (QED) is 0.747. The molecule has 0 fully saturated rings. The lowest BCUT2D eigenvalue weighted by atomic mass is 9.83. The zero-order valence-corrected chi connectivity index (χ0v) is 15.2. The van der Waals surface area contributed by atoms with E-state index in [2.05, 4.69) is 15.9 Å². The number of hydrogen-bond acceptors (Lipinski definition) is 3. The zero-order valence-electron chi connectivity index (χ0n) is 12.8. The van der Waals surface area contributed by atoms with Crippen LogP contribution in [0.3, 0.4) is 0 Å². The van der Waals surface area contributed by atoms with Crippen LogP contribution in [0, 0.1) is 6.92 Å². The fraction of sp³-hybridized carbons (Fsp3) is 0.278. The van der Waals surface area contributed by atoms with Gasteiger partial charge in [-0.2, -0.15) is 0 Å². The van der Waals surface area contributed by atoms with Crippen molar-refractivity contribution in [3.63, 3.8) is 0 Å². The van der Waals surface area contributed by atoms with Crippen molar-refractivity contribution >= 4 is 31.6 Å². The maximum Gasteiger partial charge on any atom is 0.180 e. The van der Waals surface area contributed by atoms with Gasteiger partial charge in [0.15, 0.2) is 15.6 Å². The molecule has 5 heteroatoms. The predicted octanol–water partition coefficient (Wildman–Crippen LogP) is 3.73. The van der Waals surface area contributed by atoms with Crippen LogP contribution in [0.15, 0.2) is 53.4 Å². The van der Waals surface area contributed by atoms with Gasteiger partial charge in [0, 0.05) is 5.56 Å². The van der Waals surface area contributed by atoms with E-state index in [9.17, 15) is 13.2 Å². The van der Waals surface area contributed by atoms with Gasteiger partial charge in [-0.1, -0.05) is 57.9 Å². The van der Waals surface area contributed by atoms with E-state index in [1.165, 1.54) is 0 Å². The van der Waals surface area contributed by atoms with Crippen LogP contribution in [0.2, 0.25) is 0 Å². The molecule has 120 valence electrons. The second kappa shape index (κ2) is 5.87. The number of benzene rings is 2. The Hall–Kier alpha value is -1.46. The van der Waals surface area contributed by atoms with Gasteiger partial charge in [-0.05, 0) is 37.5 Å². The number of rotatable bonds is 3. The SMILES string of the molecule is Cc1ccc(S(=O)(=O)C[C@@]2(Br)CCc3ccccc3C2=O)cc1. The summed E-state index contributed by atoms with van der Waals surface area (Å²) in [5, 5.41) is 0. The van der Waals surface area contributed by atoms with Crippen LogP contribution >= 0.6 is 15.9 Å². The third kappa shape index (κ3) is 3.12. The maximum absolute atomic E-state index is 12.8. The van der Waals surface area contributed by atoms with Gasteiger partial charge in [0.2, 0.25) is 0 Å². The van der Waals surface area contributed by atoms with E-state index in [-0.39, 0.29) is 16.4 Å². The molecule has 1 aliphatic rings. The molecule has 0 unspecified atom stereocenters.